The standard InChI is InChI=1S/C18H17F4N3O2/c1-11(26)23-14-6-7-16(15(9-14)18(20,21)22)24-17(27)25(2)10-12-4-3-5-13(19)8-12/h3-9H,10H2,1-2H3,(H,23,26)(H,24,27). The van der Waals surface area contributed by atoms with E-state index in [1.807, 2.05) is 0 Å². The molecule has 0 heterocycles. The molecular weight excluding hydrogens is 366 g/mol. The summed E-state index contributed by atoms with van der Waals surface area (Å²) in [5.41, 5.74) is -1.10. The third-order valence-corrected chi connectivity index (χ3v) is 3.54. The smallest absolute Gasteiger partial charge is 0.326 e. The first kappa shape index (κ1) is 20.2. The highest BCUT2D eigenvalue weighted by atomic mass is 19.4. The van der Waals surface area contributed by atoms with Gasteiger partial charge in [-0.3, -0.25) is 4.79 Å². The maximum Gasteiger partial charge on any atom is 0.418 e. The van der Waals surface area contributed by atoms with Crippen LogP contribution in [0.5, 0.6) is 0 Å². The maximum absolute atomic E-state index is 13.3. The van der Waals surface area contributed by atoms with Gasteiger partial charge < -0.3 is 15.5 Å². The molecule has 0 spiro atoms. The van der Waals surface area contributed by atoms with Crippen LogP contribution in [0.15, 0.2) is 42.5 Å². The SMILES string of the molecule is CC(=O)Nc1ccc(NC(=O)N(C)Cc2cccc(F)c2)c(C(F)(F)F)c1. The zero-order valence-corrected chi connectivity index (χ0v) is 14.5. The number of anilines is 2. The van der Waals surface area contributed by atoms with Gasteiger partial charge in [0, 0.05) is 26.2 Å². The van der Waals surface area contributed by atoms with Gasteiger partial charge in [0.25, 0.3) is 0 Å². The summed E-state index contributed by atoms with van der Waals surface area (Å²) < 4.78 is 53.1. The molecule has 0 aliphatic carbocycles. The van der Waals surface area contributed by atoms with Crippen molar-refractivity contribution >= 4 is 23.3 Å². The molecule has 0 saturated carbocycles. The van der Waals surface area contributed by atoms with Crippen molar-refractivity contribution in [1.82, 2.24) is 4.90 Å². The molecule has 27 heavy (non-hydrogen) atoms. The number of rotatable bonds is 4. The van der Waals surface area contributed by atoms with E-state index in [-0.39, 0.29) is 12.2 Å². The molecule has 0 fully saturated rings. The first-order chi connectivity index (χ1) is 12.6. The van der Waals surface area contributed by atoms with Gasteiger partial charge in [-0.25, -0.2) is 9.18 Å². The summed E-state index contributed by atoms with van der Waals surface area (Å²) in [5, 5.41) is 4.45. The van der Waals surface area contributed by atoms with Crippen LogP contribution >= 0.6 is 0 Å². The monoisotopic (exact) mass is 383 g/mol. The predicted molar refractivity (Wildman–Crippen MR) is 92.6 cm³/mol. The molecule has 2 aromatic carbocycles. The van der Waals surface area contributed by atoms with Gasteiger partial charge in [-0.05, 0) is 35.9 Å². The van der Waals surface area contributed by atoms with Crippen molar-refractivity contribution in [3.63, 3.8) is 0 Å². The number of nitrogens with zero attached hydrogens (tertiary/aromatic N) is 1. The molecule has 0 atom stereocenters. The van der Waals surface area contributed by atoms with E-state index < -0.39 is 35.2 Å². The lowest BCUT2D eigenvalue weighted by atomic mass is 10.1. The number of carbonyl (C=O) groups is 2. The highest BCUT2D eigenvalue weighted by Crippen LogP contribution is 2.36. The van der Waals surface area contributed by atoms with Crippen LogP contribution in [0.4, 0.5) is 33.7 Å². The molecule has 9 heteroatoms. The van der Waals surface area contributed by atoms with Gasteiger partial charge in [-0.1, -0.05) is 12.1 Å². The Morgan fingerprint density at radius 2 is 1.78 bits per heavy atom. The second-order valence-corrected chi connectivity index (χ2v) is 5.86. The zero-order chi connectivity index (χ0) is 20.2. The van der Waals surface area contributed by atoms with E-state index in [0.717, 1.165) is 17.0 Å². The number of urea groups is 1. The Hall–Kier alpha value is -3.10. The van der Waals surface area contributed by atoms with Crippen LogP contribution in [-0.2, 0) is 17.5 Å². The van der Waals surface area contributed by atoms with Crippen molar-refractivity contribution in [3.05, 3.63) is 59.4 Å². The van der Waals surface area contributed by atoms with Crippen molar-refractivity contribution < 1.29 is 27.2 Å². The Balaban J connectivity index is 2.19. The average Bonchev–Trinajstić information content (AvgIpc) is 2.54. The van der Waals surface area contributed by atoms with Crippen LogP contribution < -0.4 is 10.6 Å². The lowest BCUT2D eigenvalue weighted by Crippen LogP contribution is -2.31. The number of alkyl halides is 3. The number of halogens is 4. The van der Waals surface area contributed by atoms with Gasteiger partial charge in [-0.15, -0.1) is 0 Å². The normalized spacial score (nSPS) is 11.0. The molecule has 3 amide bonds. The van der Waals surface area contributed by atoms with E-state index in [1.54, 1.807) is 6.07 Å². The molecule has 0 aliphatic heterocycles. The fourth-order valence-electron chi connectivity index (χ4n) is 2.36. The van der Waals surface area contributed by atoms with Crippen molar-refractivity contribution in [3.8, 4) is 0 Å². The Labute approximate surface area is 153 Å². The van der Waals surface area contributed by atoms with Crippen LogP contribution in [0, 0.1) is 5.82 Å². The van der Waals surface area contributed by atoms with Gasteiger partial charge in [0.15, 0.2) is 0 Å². The molecule has 144 valence electrons. The minimum absolute atomic E-state index is 0.00885. The topological polar surface area (TPSA) is 61.4 Å². The van der Waals surface area contributed by atoms with Crippen LogP contribution in [-0.4, -0.2) is 23.9 Å². The van der Waals surface area contributed by atoms with E-state index in [2.05, 4.69) is 10.6 Å². The summed E-state index contributed by atoms with van der Waals surface area (Å²) in [6.07, 6.45) is -4.74. The number of hydrogen-bond donors (Lipinski definition) is 2. The highest BCUT2D eigenvalue weighted by molar-refractivity contribution is 5.92. The largest absolute Gasteiger partial charge is 0.418 e. The summed E-state index contributed by atoms with van der Waals surface area (Å²) in [4.78, 5) is 24.4. The lowest BCUT2D eigenvalue weighted by molar-refractivity contribution is -0.137. The van der Waals surface area contributed by atoms with E-state index in [9.17, 15) is 27.2 Å². The van der Waals surface area contributed by atoms with Gasteiger partial charge in [0.2, 0.25) is 5.91 Å². The fraction of sp³-hybridized carbons (Fsp3) is 0.222. The van der Waals surface area contributed by atoms with Crippen molar-refractivity contribution in [2.75, 3.05) is 17.7 Å². The van der Waals surface area contributed by atoms with Crippen molar-refractivity contribution in [2.24, 2.45) is 0 Å². The quantitative estimate of drug-likeness (QED) is 0.766. The van der Waals surface area contributed by atoms with Crippen LogP contribution in [0.1, 0.15) is 18.1 Å². The van der Waals surface area contributed by atoms with Crippen molar-refractivity contribution in [1.29, 1.82) is 0 Å². The predicted octanol–water partition coefficient (Wildman–Crippen LogP) is 4.47. The molecule has 5 nitrogen and oxygen atoms in total. The van der Waals surface area contributed by atoms with E-state index >= 15 is 0 Å². The van der Waals surface area contributed by atoms with Crippen LogP contribution in [0.2, 0.25) is 0 Å². The Kier molecular flexibility index (Phi) is 6.04. The first-order valence-electron chi connectivity index (χ1n) is 7.81. The molecule has 0 aliphatic rings. The molecule has 2 rings (SSSR count). The zero-order valence-electron chi connectivity index (χ0n) is 14.5. The second kappa shape index (κ2) is 8.07. The first-order valence-corrected chi connectivity index (χ1v) is 7.81. The Morgan fingerprint density at radius 1 is 1.07 bits per heavy atom. The number of benzene rings is 2. The number of carbonyl (C=O) groups excluding carboxylic acids is 2. The minimum Gasteiger partial charge on any atom is -0.326 e. The molecular formula is C18H17F4N3O2. The van der Waals surface area contributed by atoms with Gasteiger partial charge in [0.05, 0.1) is 11.3 Å². The van der Waals surface area contributed by atoms with Gasteiger partial charge in [-0.2, -0.15) is 13.2 Å². The third kappa shape index (κ3) is 5.70. The van der Waals surface area contributed by atoms with E-state index in [0.29, 0.717) is 5.56 Å². The van der Waals surface area contributed by atoms with Crippen LogP contribution in [0.3, 0.4) is 0 Å². The molecule has 2 N–H and O–H groups in total. The summed E-state index contributed by atoms with van der Waals surface area (Å²) in [6.45, 7) is 1.18. The Morgan fingerprint density at radius 3 is 2.37 bits per heavy atom. The summed E-state index contributed by atoms with van der Waals surface area (Å²) in [5.74, 6) is -0.996. The summed E-state index contributed by atoms with van der Waals surface area (Å²) in [7, 11) is 1.37. The van der Waals surface area contributed by atoms with E-state index in [4.69, 9.17) is 0 Å². The minimum atomic E-state index is -4.74. The maximum atomic E-state index is 13.3. The average molecular weight is 383 g/mol. The number of hydrogen-bond acceptors (Lipinski definition) is 2. The number of nitrogens with one attached hydrogen (secondary N) is 2. The molecule has 0 saturated heterocycles. The van der Waals surface area contributed by atoms with Crippen LogP contribution in [0.25, 0.3) is 0 Å². The highest BCUT2D eigenvalue weighted by Gasteiger charge is 2.34. The second-order valence-electron chi connectivity index (χ2n) is 5.86. The molecule has 0 bridgehead atoms. The Bertz CT molecular complexity index is 853. The number of amides is 3. The van der Waals surface area contributed by atoms with Crippen molar-refractivity contribution in [2.45, 2.75) is 19.6 Å². The molecule has 0 unspecified atom stereocenters. The molecule has 2 aromatic rings. The van der Waals surface area contributed by atoms with Gasteiger partial charge >= 0.3 is 12.2 Å². The van der Waals surface area contributed by atoms with Gasteiger partial charge in [0.1, 0.15) is 5.82 Å². The lowest BCUT2D eigenvalue weighted by Gasteiger charge is -2.20. The summed E-state index contributed by atoms with van der Waals surface area (Å²) >= 11 is 0. The van der Waals surface area contributed by atoms with E-state index in [1.165, 1.54) is 38.2 Å². The summed E-state index contributed by atoms with van der Waals surface area (Å²) in [6, 6.07) is 7.79. The molecule has 0 aromatic heterocycles. The fourth-order valence-corrected chi connectivity index (χ4v) is 2.36. The third-order valence-electron chi connectivity index (χ3n) is 3.54. The molecule has 0 radical (unpaired) electrons.